The molecule has 0 unspecified atom stereocenters. The number of rotatable bonds is 9. The largest absolute Gasteiger partial charge is 0.279 e. The molecule has 132 valence electrons. The Labute approximate surface area is 155 Å². The van der Waals surface area contributed by atoms with Gasteiger partial charge in [-0.05, 0) is 43.1 Å². The molecule has 0 aliphatic heterocycles. The second-order valence-corrected chi connectivity index (χ2v) is 9.77. The van der Waals surface area contributed by atoms with Crippen LogP contribution in [0.4, 0.5) is 0 Å². The van der Waals surface area contributed by atoms with Gasteiger partial charge in [-0.15, -0.1) is 11.3 Å². The van der Waals surface area contributed by atoms with Gasteiger partial charge in [0.15, 0.2) is 4.34 Å². The number of aromatic nitrogens is 1. The molecule has 0 amide bonds. The summed E-state index contributed by atoms with van der Waals surface area (Å²) in [5.41, 5.74) is 0.776. The van der Waals surface area contributed by atoms with Crippen molar-refractivity contribution in [3.63, 3.8) is 0 Å². The van der Waals surface area contributed by atoms with Crippen LogP contribution in [-0.2, 0) is 14.8 Å². The summed E-state index contributed by atoms with van der Waals surface area (Å²) in [5, 5.41) is -0.747. The van der Waals surface area contributed by atoms with Crippen molar-refractivity contribution in [2.75, 3.05) is 5.75 Å². The molecule has 0 fully saturated rings. The zero-order chi connectivity index (χ0) is 17.7. The number of hydrogen-bond acceptors (Lipinski definition) is 6. The van der Waals surface area contributed by atoms with E-state index >= 15 is 0 Å². The highest BCUT2D eigenvalue weighted by Gasteiger charge is 2.21. The van der Waals surface area contributed by atoms with Gasteiger partial charge in [0, 0.05) is 5.75 Å². The van der Waals surface area contributed by atoms with E-state index in [1.807, 2.05) is 0 Å². The van der Waals surface area contributed by atoms with Crippen LogP contribution in [0, 0.1) is 0 Å². The fraction of sp³-hybridized carbons (Fsp3) is 0.467. The first kappa shape index (κ1) is 19.7. The van der Waals surface area contributed by atoms with Crippen LogP contribution >= 0.6 is 34.7 Å². The fourth-order valence-corrected chi connectivity index (χ4v) is 5.57. The average Bonchev–Trinajstić information content (AvgIpc) is 2.92. The second-order valence-electron chi connectivity index (χ2n) is 5.31. The maximum absolute atomic E-state index is 12.3. The number of carbonyl (C=O) groups excluding carboxylic acids is 1. The van der Waals surface area contributed by atoms with Crippen LogP contribution in [0.1, 0.15) is 33.1 Å². The van der Waals surface area contributed by atoms with Crippen molar-refractivity contribution in [1.82, 2.24) is 9.71 Å². The van der Waals surface area contributed by atoms with Gasteiger partial charge in [0.1, 0.15) is 0 Å². The van der Waals surface area contributed by atoms with Gasteiger partial charge in [-0.25, -0.2) is 13.4 Å². The lowest BCUT2D eigenvalue weighted by atomic mass is 10.3. The first-order chi connectivity index (χ1) is 11.3. The molecule has 0 bridgehead atoms. The molecule has 1 N–H and O–H groups in total. The number of nitrogens with one attached hydrogen (secondary N) is 1. The highest BCUT2D eigenvalue weighted by atomic mass is 35.5. The molecular formula is C15H19ClN2O3S3. The Morgan fingerprint density at radius 1 is 1.42 bits per heavy atom. The van der Waals surface area contributed by atoms with E-state index in [1.54, 1.807) is 23.9 Å². The molecule has 5 nitrogen and oxygen atoms in total. The average molecular weight is 407 g/mol. The molecule has 24 heavy (non-hydrogen) atoms. The minimum absolute atomic E-state index is 0.103. The predicted molar refractivity (Wildman–Crippen MR) is 101 cm³/mol. The number of unbranched alkanes of at least 4 members (excludes halogenated alkanes) is 2. The Bertz CT molecular complexity index is 820. The highest BCUT2D eigenvalue weighted by Crippen LogP contribution is 2.31. The normalized spacial score (nSPS) is 13.3. The van der Waals surface area contributed by atoms with Crippen molar-refractivity contribution in [3.8, 4) is 0 Å². The summed E-state index contributed by atoms with van der Waals surface area (Å²) in [5.74, 6) is 1.01. The first-order valence-corrected chi connectivity index (χ1v) is 11.2. The highest BCUT2D eigenvalue weighted by molar-refractivity contribution is 8.01. The van der Waals surface area contributed by atoms with Gasteiger partial charge in [0.05, 0.1) is 21.2 Å². The molecule has 1 aromatic heterocycles. The number of hydrogen-bond donors (Lipinski definition) is 1. The van der Waals surface area contributed by atoms with E-state index in [0.717, 1.165) is 26.7 Å². The van der Waals surface area contributed by atoms with E-state index < -0.39 is 21.3 Å². The van der Waals surface area contributed by atoms with Crippen LogP contribution in [0.15, 0.2) is 27.4 Å². The second kappa shape index (κ2) is 8.62. The van der Waals surface area contributed by atoms with Crippen molar-refractivity contribution in [2.24, 2.45) is 0 Å². The third-order valence-corrected chi connectivity index (χ3v) is 7.41. The lowest BCUT2D eigenvalue weighted by molar-refractivity contribution is -0.112. The molecule has 0 aliphatic rings. The number of halogens is 1. The summed E-state index contributed by atoms with van der Waals surface area (Å²) in [6.07, 6.45) is 3.52. The minimum atomic E-state index is -3.79. The number of fused-ring (bicyclic) bond motifs is 1. The summed E-state index contributed by atoms with van der Waals surface area (Å²) in [7, 11) is -3.79. The standard InChI is InChI=1S/C15H19ClN2O3S3/c1-3-4-5-8-22-15-17-12-7-6-11(9-13(12)23-15)24(20,21)18-10(2)14(16)19/h6-7,9-10,18H,3-5,8H2,1-2H3/t10-/m1/s1. The molecule has 0 aliphatic carbocycles. The predicted octanol–water partition coefficient (Wildman–Crippen LogP) is 4.01. The molecule has 0 saturated heterocycles. The molecule has 1 aromatic carbocycles. The summed E-state index contributed by atoms with van der Waals surface area (Å²) >= 11 is 8.49. The lowest BCUT2D eigenvalue weighted by Gasteiger charge is -2.10. The van der Waals surface area contributed by atoms with Gasteiger partial charge in [-0.3, -0.25) is 4.79 Å². The van der Waals surface area contributed by atoms with Gasteiger partial charge < -0.3 is 0 Å². The molecule has 1 heterocycles. The number of sulfonamides is 1. The van der Waals surface area contributed by atoms with E-state index in [2.05, 4.69) is 16.6 Å². The van der Waals surface area contributed by atoms with E-state index in [0.29, 0.717) is 0 Å². The third kappa shape index (κ3) is 5.16. The molecule has 0 spiro atoms. The van der Waals surface area contributed by atoms with Crippen LogP contribution in [0.2, 0.25) is 0 Å². The first-order valence-electron chi connectivity index (χ1n) is 7.58. The maximum atomic E-state index is 12.3. The lowest BCUT2D eigenvalue weighted by Crippen LogP contribution is -2.36. The van der Waals surface area contributed by atoms with E-state index in [1.165, 1.54) is 37.2 Å². The molecule has 0 radical (unpaired) electrons. The van der Waals surface area contributed by atoms with Crippen LogP contribution in [0.3, 0.4) is 0 Å². The third-order valence-electron chi connectivity index (χ3n) is 3.30. The number of thioether (sulfide) groups is 1. The van der Waals surface area contributed by atoms with Gasteiger partial charge in [-0.1, -0.05) is 31.5 Å². The summed E-state index contributed by atoms with van der Waals surface area (Å²) in [4.78, 5) is 15.7. The molecule has 0 saturated carbocycles. The van der Waals surface area contributed by atoms with E-state index in [4.69, 9.17) is 11.6 Å². The van der Waals surface area contributed by atoms with Crippen LogP contribution in [-0.4, -0.2) is 30.4 Å². The fourth-order valence-electron chi connectivity index (χ4n) is 1.97. The van der Waals surface area contributed by atoms with Crippen molar-refractivity contribution in [3.05, 3.63) is 18.2 Å². The Morgan fingerprint density at radius 3 is 2.83 bits per heavy atom. The molecule has 9 heteroatoms. The number of carbonyl (C=O) groups is 1. The van der Waals surface area contributed by atoms with Gasteiger partial charge in [0.2, 0.25) is 15.3 Å². The minimum Gasteiger partial charge on any atom is -0.279 e. The van der Waals surface area contributed by atoms with Gasteiger partial charge >= 0.3 is 0 Å². The molecule has 1 atom stereocenters. The number of benzene rings is 1. The van der Waals surface area contributed by atoms with Crippen molar-refractivity contribution < 1.29 is 13.2 Å². The van der Waals surface area contributed by atoms with Crippen LogP contribution in [0.5, 0.6) is 0 Å². The van der Waals surface area contributed by atoms with Gasteiger partial charge in [-0.2, -0.15) is 4.72 Å². The Morgan fingerprint density at radius 2 is 2.17 bits per heavy atom. The smallest absolute Gasteiger partial charge is 0.241 e. The zero-order valence-corrected chi connectivity index (χ0v) is 16.6. The van der Waals surface area contributed by atoms with Crippen LogP contribution < -0.4 is 4.72 Å². The van der Waals surface area contributed by atoms with Crippen LogP contribution in [0.25, 0.3) is 10.2 Å². The summed E-state index contributed by atoms with van der Waals surface area (Å²) in [6, 6.07) is 3.78. The monoisotopic (exact) mass is 406 g/mol. The van der Waals surface area contributed by atoms with Crippen molar-refractivity contribution >= 4 is 60.2 Å². The molecular weight excluding hydrogens is 388 g/mol. The quantitative estimate of drug-likeness (QED) is 0.386. The van der Waals surface area contributed by atoms with Gasteiger partial charge in [0.25, 0.3) is 0 Å². The SMILES string of the molecule is CCCCCSc1nc2ccc(S(=O)(=O)N[C@H](C)C(=O)Cl)cc2s1. The Hall–Kier alpha value is -0.670. The Kier molecular flexibility index (Phi) is 7.06. The number of nitrogens with zero attached hydrogens (tertiary/aromatic N) is 1. The molecule has 2 aromatic rings. The summed E-state index contributed by atoms with van der Waals surface area (Å²) < 4.78 is 28.6. The van der Waals surface area contributed by atoms with E-state index in [9.17, 15) is 13.2 Å². The van der Waals surface area contributed by atoms with Crippen molar-refractivity contribution in [2.45, 2.75) is 48.4 Å². The zero-order valence-electron chi connectivity index (χ0n) is 13.4. The Balaban J connectivity index is 2.17. The van der Waals surface area contributed by atoms with Crippen molar-refractivity contribution in [1.29, 1.82) is 0 Å². The molecule has 2 rings (SSSR count). The maximum Gasteiger partial charge on any atom is 0.241 e. The van der Waals surface area contributed by atoms with E-state index in [-0.39, 0.29) is 4.90 Å². The topological polar surface area (TPSA) is 76.1 Å². The summed E-state index contributed by atoms with van der Waals surface area (Å²) in [6.45, 7) is 3.57. The number of thiazole rings is 1.